The van der Waals surface area contributed by atoms with E-state index >= 15 is 0 Å². The first-order valence-electron chi connectivity index (χ1n) is 6.07. The molecule has 1 unspecified atom stereocenters. The summed E-state index contributed by atoms with van der Waals surface area (Å²) in [5.74, 6) is -1.28. The molecular weight excluding hydrogens is 319 g/mol. The van der Waals surface area contributed by atoms with Gasteiger partial charge in [-0.2, -0.15) is 0 Å². The van der Waals surface area contributed by atoms with Gasteiger partial charge in [-0.3, -0.25) is 4.79 Å². The lowest BCUT2D eigenvalue weighted by molar-refractivity contribution is 0.0938. The number of hydrogen-bond acceptors (Lipinski definition) is 1. The Kier molecular flexibility index (Phi) is 5.15. The van der Waals surface area contributed by atoms with Crippen LogP contribution < -0.4 is 5.32 Å². The maximum absolute atomic E-state index is 12.9. The summed E-state index contributed by atoms with van der Waals surface area (Å²) in [5.41, 5.74) is 0.847. The van der Waals surface area contributed by atoms with E-state index in [0.717, 1.165) is 0 Å². The van der Waals surface area contributed by atoms with Gasteiger partial charge < -0.3 is 5.32 Å². The van der Waals surface area contributed by atoms with E-state index in [1.165, 1.54) is 48.5 Å². The van der Waals surface area contributed by atoms with E-state index in [1.807, 2.05) is 0 Å². The zero-order valence-electron chi connectivity index (χ0n) is 10.7. The van der Waals surface area contributed by atoms with Gasteiger partial charge in [0.05, 0.1) is 6.04 Å². The number of nitrogens with one attached hydrogen (secondary N) is 1. The van der Waals surface area contributed by atoms with Crippen molar-refractivity contribution in [3.63, 3.8) is 0 Å². The quantitative estimate of drug-likeness (QED) is 0.835. The Morgan fingerprint density at radius 2 is 1.38 bits per heavy atom. The Labute approximate surface area is 130 Å². The molecule has 1 atom stereocenters. The van der Waals surface area contributed by atoms with Gasteiger partial charge in [0.15, 0.2) is 0 Å². The van der Waals surface area contributed by atoms with E-state index in [4.69, 9.17) is 23.2 Å². The van der Waals surface area contributed by atoms with Crippen LogP contribution >= 0.6 is 23.2 Å². The fourth-order valence-electron chi connectivity index (χ4n) is 1.79. The highest BCUT2D eigenvalue weighted by Crippen LogP contribution is 2.25. The van der Waals surface area contributed by atoms with Crippen LogP contribution in [-0.4, -0.2) is 10.7 Å². The van der Waals surface area contributed by atoms with Gasteiger partial charge in [-0.15, -0.1) is 23.2 Å². The number of alkyl halides is 2. The standard InChI is InChI=1S/C15H11Cl2F2NO/c16-14(17)13(9-1-5-11(18)6-2-9)20-15(21)10-3-7-12(19)8-4-10/h1-8,13-14H,(H,20,21). The summed E-state index contributed by atoms with van der Waals surface area (Å²) in [6.45, 7) is 0. The van der Waals surface area contributed by atoms with Crippen LogP contribution in [0, 0.1) is 11.6 Å². The molecule has 0 aromatic heterocycles. The van der Waals surface area contributed by atoms with Crippen molar-refractivity contribution >= 4 is 29.1 Å². The molecule has 0 bridgehead atoms. The van der Waals surface area contributed by atoms with E-state index in [2.05, 4.69) is 5.32 Å². The maximum atomic E-state index is 12.9. The summed E-state index contributed by atoms with van der Waals surface area (Å²) in [7, 11) is 0. The second-order valence-electron chi connectivity index (χ2n) is 4.34. The van der Waals surface area contributed by atoms with Crippen molar-refractivity contribution in [3.05, 3.63) is 71.3 Å². The molecule has 2 rings (SSSR count). The zero-order valence-corrected chi connectivity index (χ0v) is 12.2. The minimum atomic E-state index is -0.917. The Hall–Kier alpha value is -1.65. The van der Waals surface area contributed by atoms with Crippen LogP contribution in [-0.2, 0) is 0 Å². The smallest absolute Gasteiger partial charge is 0.251 e. The maximum Gasteiger partial charge on any atom is 0.251 e. The Bertz CT molecular complexity index is 615. The highest BCUT2D eigenvalue weighted by molar-refractivity contribution is 6.44. The number of carbonyl (C=O) groups excluding carboxylic acids is 1. The molecule has 0 saturated heterocycles. The topological polar surface area (TPSA) is 29.1 Å². The first kappa shape index (κ1) is 15.7. The molecule has 21 heavy (non-hydrogen) atoms. The minimum absolute atomic E-state index is 0.275. The largest absolute Gasteiger partial charge is 0.342 e. The lowest BCUT2D eigenvalue weighted by Crippen LogP contribution is -2.32. The van der Waals surface area contributed by atoms with E-state index in [-0.39, 0.29) is 5.56 Å². The summed E-state index contributed by atoms with van der Waals surface area (Å²) >= 11 is 11.7. The van der Waals surface area contributed by atoms with Crippen LogP contribution in [0.2, 0.25) is 0 Å². The third kappa shape index (κ3) is 4.16. The molecular formula is C15H11Cl2F2NO. The molecule has 0 spiro atoms. The van der Waals surface area contributed by atoms with Gasteiger partial charge in [0.1, 0.15) is 16.5 Å². The third-order valence-electron chi connectivity index (χ3n) is 2.87. The number of halogens is 4. The first-order chi connectivity index (χ1) is 9.97. The monoisotopic (exact) mass is 329 g/mol. The number of rotatable bonds is 4. The molecule has 0 aliphatic heterocycles. The van der Waals surface area contributed by atoms with Crippen molar-refractivity contribution in [1.29, 1.82) is 0 Å². The molecule has 1 amide bonds. The van der Waals surface area contributed by atoms with E-state index < -0.39 is 28.4 Å². The Morgan fingerprint density at radius 3 is 1.86 bits per heavy atom. The van der Waals surface area contributed by atoms with Gasteiger partial charge in [0.2, 0.25) is 0 Å². The third-order valence-corrected chi connectivity index (χ3v) is 3.38. The van der Waals surface area contributed by atoms with Gasteiger partial charge in [-0.25, -0.2) is 8.78 Å². The van der Waals surface area contributed by atoms with E-state index in [1.54, 1.807) is 0 Å². The average molecular weight is 330 g/mol. The molecule has 0 saturated carbocycles. The van der Waals surface area contributed by atoms with Gasteiger partial charge in [0.25, 0.3) is 5.91 Å². The highest BCUT2D eigenvalue weighted by Gasteiger charge is 2.22. The second kappa shape index (κ2) is 6.87. The number of hydrogen-bond donors (Lipinski definition) is 1. The predicted molar refractivity (Wildman–Crippen MR) is 78.5 cm³/mol. The van der Waals surface area contributed by atoms with Crippen LogP contribution in [0.15, 0.2) is 48.5 Å². The first-order valence-corrected chi connectivity index (χ1v) is 6.94. The minimum Gasteiger partial charge on any atom is -0.342 e. The zero-order chi connectivity index (χ0) is 15.4. The highest BCUT2D eigenvalue weighted by atomic mass is 35.5. The molecule has 6 heteroatoms. The lowest BCUT2D eigenvalue weighted by Gasteiger charge is -2.20. The Morgan fingerprint density at radius 1 is 0.905 bits per heavy atom. The summed E-state index contributed by atoms with van der Waals surface area (Å²) < 4.78 is 25.8. The molecule has 1 N–H and O–H groups in total. The van der Waals surface area contributed by atoms with Crippen LogP contribution in [0.5, 0.6) is 0 Å². The predicted octanol–water partition coefficient (Wildman–Crippen LogP) is 4.24. The second-order valence-corrected chi connectivity index (χ2v) is 5.51. The molecule has 0 heterocycles. The number of benzene rings is 2. The van der Waals surface area contributed by atoms with E-state index in [0.29, 0.717) is 5.56 Å². The molecule has 0 fully saturated rings. The van der Waals surface area contributed by atoms with Crippen LogP contribution in [0.1, 0.15) is 22.0 Å². The van der Waals surface area contributed by atoms with Crippen LogP contribution in [0.25, 0.3) is 0 Å². The SMILES string of the molecule is O=C(NC(c1ccc(F)cc1)C(Cl)Cl)c1ccc(F)cc1. The molecule has 0 aliphatic rings. The lowest BCUT2D eigenvalue weighted by atomic mass is 10.1. The van der Waals surface area contributed by atoms with Gasteiger partial charge in [0, 0.05) is 5.56 Å². The average Bonchev–Trinajstić information content (AvgIpc) is 2.46. The van der Waals surface area contributed by atoms with Gasteiger partial charge in [-0.1, -0.05) is 12.1 Å². The fraction of sp³-hybridized carbons (Fsp3) is 0.133. The summed E-state index contributed by atoms with van der Waals surface area (Å²) in [4.78, 5) is 11.2. The van der Waals surface area contributed by atoms with Gasteiger partial charge >= 0.3 is 0 Å². The number of carbonyl (C=O) groups is 1. The van der Waals surface area contributed by atoms with Crippen molar-refractivity contribution in [3.8, 4) is 0 Å². The van der Waals surface area contributed by atoms with Crippen molar-refractivity contribution in [2.75, 3.05) is 0 Å². The number of amides is 1. The van der Waals surface area contributed by atoms with E-state index in [9.17, 15) is 13.6 Å². The van der Waals surface area contributed by atoms with Crippen molar-refractivity contribution in [2.24, 2.45) is 0 Å². The van der Waals surface area contributed by atoms with Crippen molar-refractivity contribution in [1.82, 2.24) is 5.32 Å². The van der Waals surface area contributed by atoms with Crippen LogP contribution in [0.4, 0.5) is 8.78 Å². The molecule has 0 radical (unpaired) electrons. The molecule has 2 nitrogen and oxygen atoms in total. The van der Waals surface area contributed by atoms with Crippen LogP contribution in [0.3, 0.4) is 0 Å². The summed E-state index contributed by atoms with van der Waals surface area (Å²) in [6, 6.07) is 9.84. The van der Waals surface area contributed by atoms with Gasteiger partial charge in [-0.05, 0) is 42.0 Å². The normalized spacial score (nSPS) is 12.2. The molecule has 0 aliphatic carbocycles. The van der Waals surface area contributed by atoms with Crippen molar-refractivity contribution < 1.29 is 13.6 Å². The molecule has 110 valence electrons. The summed E-state index contributed by atoms with van der Waals surface area (Å²) in [6.07, 6.45) is 0. The summed E-state index contributed by atoms with van der Waals surface area (Å²) in [5, 5.41) is 2.64. The molecule has 2 aromatic carbocycles. The Balaban J connectivity index is 2.18. The molecule has 2 aromatic rings. The fourth-order valence-corrected chi connectivity index (χ4v) is 2.20. The van der Waals surface area contributed by atoms with Crippen molar-refractivity contribution in [2.45, 2.75) is 10.9 Å².